The fourth-order valence-corrected chi connectivity index (χ4v) is 1.70. The molecule has 2 N–H and O–H groups in total. The van der Waals surface area contributed by atoms with E-state index in [1.807, 2.05) is 0 Å². The van der Waals surface area contributed by atoms with Crippen molar-refractivity contribution in [1.29, 1.82) is 0 Å². The lowest BCUT2D eigenvalue weighted by Gasteiger charge is -2.15. The summed E-state index contributed by atoms with van der Waals surface area (Å²) in [6.07, 6.45) is 2.16. The highest BCUT2D eigenvalue weighted by Crippen LogP contribution is 2.14. The number of halogens is 1. The van der Waals surface area contributed by atoms with Crippen LogP contribution < -0.4 is 5.32 Å². The highest BCUT2D eigenvalue weighted by molar-refractivity contribution is 5.96. The predicted octanol–water partition coefficient (Wildman–Crippen LogP) is 1.78. The second kappa shape index (κ2) is 5.92. The molecule has 0 saturated heterocycles. The van der Waals surface area contributed by atoms with Crippen LogP contribution in [-0.2, 0) is 4.79 Å². The first-order valence-corrected chi connectivity index (χ1v) is 5.77. The van der Waals surface area contributed by atoms with Gasteiger partial charge in [0, 0.05) is 6.20 Å². The first-order valence-electron chi connectivity index (χ1n) is 5.77. The SMILES string of the molecule is O=C(NC(C(=O)O)c1ccccc1)c1ccncc1F. The average Bonchev–Trinajstić information content (AvgIpc) is 2.45. The standard InChI is InChI=1S/C14H11FN2O3/c15-11-8-16-7-6-10(11)13(18)17-12(14(19)20)9-4-2-1-3-5-9/h1-8,12H,(H,17,18)(H,19,20). The maximum atomic E-state index is 13.4. The third kappa shape index (κ3) is 2.97. The van der Waals surface area contributed by atoms with Crippen molar-refractivity contribution < 1.29 is 19.1 Å². The molecule has 0 aliphatic rings. The Balaban J connectivity index is 2.24. The number of nitrogens with one attached hydrogen (secondary N) is 1. The Bertz CT molecular complexity index is 631. The van der Waals surface area contributed by atoms with E-state index in [1.54, 1.807) is 30.3 Å². The Morgan fingerprint density at radius 1 is 1.20 bits per heavy atom. The van der Waals surface area contributed by atoms with Crippen molar-refractivity contribution in [3.05, 3.63) is 65.7 Å². The largest absolute Gasteiger partial charge is 0.479 e. The van der Waals surface area contributed by atoms with Crippen LogP contribution in [0.5, 0.6) is 0 Å². The molecule has 0 bridgehead atoms. The summed E-state index contributed by atoms with van der Waals surface area (Å²) < 4.78 is 13.4. The van der Waals surface area contributed by atoms with E-state index in [-0.39, 0.29) is 5.56 Å². The number of rotatable bonds is 4. The van der Waals surface area contributed by atoms with Gasteiger partial charge in [0.2, 0.25) is 0 Å². The molecule has 1 unspecified atom stereocenters. The van der Waals surface area contributed by atoms with Crippen molar-refractivity contribution in [2.45, 2.75) is 6.04 Å². The first-order chi connectivity index (χ1) is 9.59. The van der Waals surface area contributed by atoms with Gasteiger partial charge in [-0.05, 0) is 11.6 Å². The lowest BCUT2D eigenvalue weighted by molar-refractivity contribution is -0.139. The number of aliphatic carboxylic acids is 1. The van der Waals surface area contributed by atoms with Crippen LogP contribution in [0.2, 0.25) is 0 Å². The van der Waals surface area contributed by atoms with Crippen LogP contribution in [0, 0.1) is 5.82 Å². The number of aromatic nitrogens is 1. The summed E-state index contributed by atoms with van der Waals surface area (Å²) in [5.74, 6) is -2.83. The van der Waals surface area contributed by atoms with Gasteiger partial charge in [0.05, 0.1) is 11.8 Å². The van der Waals surface area contributed by atoms with Crippen molar-refractivity contribution in [1.82, 2.24) is 10.3 Å². The van der Waals surface area contributed by atoms with E-state index >= 15 is 0 Å². The van der Waals surface area contributed by atoms with Gasteiger partial charge in [0.1, 0.15) is 0 Å². The monoisotopic (exact) mass is 274 g/mol. The van der Waals surface area contributed by atoms with Gasteiger partial charge in [-0.25, -0.2) is 9.18 Å². The van der Waals surface area contributed by atoms with E-state index in [4.69, 9.17) is 0 Å². The van der Waals surface area contributed by atoms with Crippen molar-refractivity contribution in [3.63, 3.8) is 0 Å². The van der Waals surface area contributed by atoms with Gasteiger partial charge < -0.3 is 10.4 Å². The number of benzene rings is 1. The number of hydrogen-bond donors (Lipinski definition) is 2. The number of amides is 1. The molecule has 0 fully saturated rings. The molecule has 1 atom stereocenters. The van der Waals surface area contributed by atoms with Gasteiger partial charge >= 0.3 is 5.97 Å². The molecule has 5 nitrogen and oxygen atoms in total. The zero-order chi connectivity index (χ0) is 14.5. The van der Waals surface area contributed by atoms with Crippen molar-refractivity contribution in [2.24, 2.45) is 0 Å². The first kappa shape index (κ1) is 13.7. The molecule has 0 radical (unpaired) electrons. The Labute approximate surface area is 114 Å². The molecule has 2 aromatic rings. The normalized spacial score (nSPS) is 11.7. The highest BCUT2D eigenvalue weighted by atomic mass is 19.1. The summed E-state index contributed by atoms with van der Waals surface area (Å²) in [6, 6.07) is 8.14. The molecule has 20 heavy (non-hydrogen) atoms. The van der Waals surface area contributed by atoms with Crippen LogP contribution >= 0.6 is 0 Å². The average molecular weight is 274 g/mol. The van der Waals surface area contributed by atoms with Gasteiger partial charge in [0.25, 0.3) is 5.91 Å². The smallest absolute Gasteiger partial charge is 0.330 e. The van der Waals surface area contributed by atoms with Crippen LogP contribution in [0.3, 0.4) is 0 Å². The summed E-state index contributed by atoms with van der Waals surface area (Å²) in [5.41, 5.74) is 0.157. The fourth-order valence-electron chi connectivity index (χ4n) is 1.70. The van der Waals surface area contributed by atoms with Gasteiger partial charge in [-0.1, -0.05) is 30.3 Å². The Hall–Kier alpha value is -2.76. The molecule has 1 aromatic carbocycles. The van der Waals surface area contributed by atoms with E-state index in [0.29, 0.717) is 5.56 Å². The Morgan fingerprint density at radius 3 is 2.50 bits per heavy atom. The van der Waals surface area contributed by atoms with Crippen LogP contribution in [0.15, 0.2) is 48.8 Å². The molecule has 0 saturated carbocycles. The third-order valence-corrected chi connectivity index (χ3v) is 2.67. The minimum Gasteiger partial charge on any atom is -0.479 e. The quantitative estimate of drug-likeness (QED) is 0.890. The summed E-state index contributed by atoms with van der Waals surface area (Å²) in [6.45, 7) is 0. The predicted molar refractivity (Wildman–Crippen MR) is 68.5 cm³/mol. The molecule has 1 amide bonds. The number of carboxylic acid groups (broad SMARTS) is 1. The number of nitrogens with zero attached hydrogens (tertiary/aromatic N) is 1. The second-order valence-corrected chi connectivity index (χ2v) is 4.01. The Kier molecular flexibility index (Phi) is 4.05. The number of carboxylic acids is 1. The summed E-state index contributed by atoms with van der Waals surface area (Å²) in [4.78, 5) is 26.7. The summed E-state index contributed by atoms with van der Waals surface area (Å²) >= 11 is 0. The van der Waals surface area contributed by atoms with Gasteiger partial charge in [-0.3, -0.25) is 9.78 Å². The Morgan fingerprint density at radius 2 is 1.90 bits per heavy atom. The van der Waals surface area contributed by atoms with Crippen LogP contribution in [-0.4, -0.2) is 22.0 Å². The van der Waals surface area contributed by atoms with Crippen LogP contribution in [0.4, 0.5) is 4.39 Å². The number of carbonyl (C=O) groups excluding carboxylic acids is 1. The van der Waals surface area contributed by atoms with Crippen LogP contribution in [0.1, 0.15) is 22.0 Å². The van der Waals surface area contributed by atoms with E-state index < -0.39 is 23.7 Å². The maximum Gasteiger partial charge on any atom is 0.330 e. The molecule has 1 heterocycles. The molecule has 102 valence electrons. The minimum absolute atomic E-state index is 0.248. The van der Waals surface area contributed by atoms with E-state index in [1.165, 1.54) is 12.3 Å². The molecule has 0 aliphatic heterocycles. The lowest BCUT2D eigenvalue weighted by atomic mass is 10.1. The topological polar surface area (TPSA) is 79.3 Å². The third-order valence-electron chi connectivity index (χ3n) is 2.67. The summed E-state index contributed by atoms with van der Waals surface area (Å²) in [7, 11) is 0. The van der Waals surface area contributed by atoms with Gasteiger partial charge in [-0.2, -0.15) is 0 Å². The molecular weight excluding hydrogens is 263 g/mol. The molecule has 0 aliphatic carbocycles. The van der Waals surface area contributed by atoms with E-state index in [9.17, 15) is 19.1 Å². The van der Waals surface area contributed by atoms with Crippen molar-refractivity contribution in [3.8, 4) is 0 Å². The van der Waals surface area contributed by atoms with E-state index in [2.05, 4.69) is 10.3 Å². The van der Waals surface area contributed by atoms with Crippen molar-refractivity contribution in [2.75, 3.05) is 0 Å². The molecular formula is C14H11FN2O3. The van der Waals surface area contributed by atoms with Gasteiger partial charge in [0.15, 0.2) is 11.9 Å². The maximum absolute atomic E-state index is 13.4. The van der Waals surface area contributed by atoms with Crippen molar-refractivity contribution >= 4 is 11.9 Å². The van der Waals surface area contributed by atoms with E-state index in [0.717, 1.165) is 6.20 Å². The zero-order valence-electron chi connectivity index (χ0n) is 10.3. The van der Waals surface area contributed by atoms with Crippen LogP contribution in [0.25, 0.3) is 0 Å². The molecule has 6 heteroatoms. The number of pyridine rings is 1. The van der Waals surface area contributed by atoms with Gasteiger partial charge in [-0.15, -0.1) is 0 Å². The minimum atomic E-state index is -1.24. The number of hydrogen-bond acceptors (Lipinski definition) is 3. The highest BCUT2D eigenvalue weighted by Gasteiger charge is 2.23. The summed E-state index contributed by atoms with van der Waals surface area (Å²) in [5, 5.41) is 11.5. The second-order valence-electron chi connectivity index (χ2n) is 4.01. The zero-order valence-corrected chi connectivity index (χ0v) is 10.3. The molecule has 0 spiro atoms. The lowest BCUT2D eigenvalue weighted by Crippen LogP contribution is -2.34. The number of carbonyl (C=O) groups is 2. The fraction of sp³-hybridized carbons (Fsp3) is 0.0714. The molecule has 1 aromatic heterocycles. The molecule has 2 rings (SSSR count).